The third-order valence-electron chi connectivity index (χ3n) is 4.66. The van der Waals surface area contributed by atoms with Gasteiger partial charge in [-0.25, -0.2) is 8.78 Å². The number of non-ortho nitro benzene ring substituents is 1. The van der Waals surface area contributed by atoms with Crippen molar-refractivity contribution in [2.45, 2.75) is 6.61 Å². The highest BCUT2D eigenvalue weighted by Gasteiger charge is 2.33. The van der Waals surface area contributed by atoms with Crippen LogP contribution < -0.4 is 9.64 Å². The second-order valence-corrected chi connectivity index (χ2v) is 8.57. The largest absolute Gasteiger partial charge is 0.488 e. The molecule has 1 saturated heterocycles. The maximum atomic E-state index is 13.6. The average molecular weight is 485 g/mol. The Bertz CT molecular complexity index is 1300. The Hall–Kier alpha value is -3.63. The molecule has 0 aliphatic carbocycles. The zero-order valence-electron chi connectivity index (χ0n) is 16.7. The molecular weight excluding hydrogens is 470 g/mol. The molecule has 33 heavy (non-hydrogen) atoms. The minimum Gasteiger partial charge on any atom is -0.488 e. The number of ether oxygens (including phenoxy) is 1. The first kappa shape index (κ1) is 22.6. The van der Waals surface area contributed by atoms with E-state index < -0.39 is 16.6 Å². The molecule has 0 N–H and O–H groups in total. The van der Waals surface area contributed by atoms with Gasteiger partial charge in [0.2, 0.25) is 0 Å². The third kappa shape index (κ3) is 5.07. The molecular formula is C23H14F2N2O4S2. The van der Waals surface area contributed by atoms with Crippen LogP contribution in [0.4, 0.5) is 20.2 Å². The van der Waals surface area contributed by atoms with Gasteiger partial charge >= 0.3 is 0 Å². The predicted molar refractivity (Wildman–Crippen MR) is 126 cm³/mol. The van der Waals surface area contributed by atoms with Crippen LogP contribution in [-0.4, -0.2) is 15.2 Å². The number of rotatable bonds is 6. The van der Waals surface area contributed by atoms with E-state index in [0.29, 0.717) is 16.9 Å². The molecule has 166 valence electrons. The van der Waals surface area contributed by atoms with Gasteiger partial charge in [0.1, 0.15) is 24.0 Å². The topological polar surface area (TPSA) is 72.7 Å². The molecule has 0 radical (unpaired) electrons. The first-order valence-corrected chi connectivity index (χ1v) is 10.7. The van der Waals surface area contributed by atoms with Gasteiger partial charge in [-0.1, -0.05) is 42.2 Å². The fourth-order valence-corrected chi connectivity index (χ4v) is 4.37. The Morgan fingerprint density at radius 1 is 1.06 bits per heavy atom. The molecule has 1 amide bonds. The molecule has 3 aromatic rings. The molecule has 3 aromatic carbocycles. The molecule has 0 atom stereocenters. The highest BCUT2D eigenvalue weighted by molar-refractivity contribution is 8.27. The summed E-state index contributed by atoms with van der Waals surface area (Å²) in [5.74, 6) is -1.08. The smallest absolute Gasteiger partial charge is 0.270 e. The summed E-state index contributed by atoms with van der Waals surface area (Å²) in [6.45, 7) is 0.0865. The van der Waals surface area contributed by atoms with E-state index in [4.69, 9.17) is 17.0 Å². The lowest BCUT2D eigenvalue weighted by Gasteiger charge is -2.14. The summed E-state index contributed by atoms with van der Waals surface area (Å²) in [4.78, 5) is 25.1. The van der Waals surface area contributed by atoms with Crippen molar-refractivity contribution in [1.82, 2.24) is 0 Å². The van der Waals surface area contributed by atoms with Crippen LogP contribution in [0.1, 0.15) is 11.1 Å². The van der Waals surface area contributed by atoms with Crippen molar-refractivity contribution >= 4 is 51.7 Å². The van der Waals surface area contributed by atoms with Crippen molar-refractivity contribution in [1.29, 1.82) is 0 Å². The molecule has 0 bridgehead atoms. The highest BCUT2D eigenvalue weighted by atomic mass is 32.2. The lowest BCUT2D eigenvalue weighted by molar-refractivity contribution is -0.384. The van der Waals surface area contributed by atoms with Crippen LogP contribution in [0.5, 0.6) is 5.75 Å². The van der Waals surface area contributed by atoms with Crippen LogP contribution in [-0.2, 0) is 11.4 Å². The molecule has 0 spiro atoms. The quantitative estimate of drug-likeness (QED) is 0.189. The number of carbonyl (C=O) groups excluding carboxylic acids is 1. The lowest BCUT2D eigenvalue weighted by Crippen LogP contribution is -2.27. The zero-order valence-corrected chi connectivity index (χ0v) is 18.4. The van der Waals surface area contributed by atoms with E-state index in [2.05, 4.69) is 0 Å². The number of anilines is 1. The van der Waals surface area contributed by atoms with Gasteiger partial charge in [0.05, 0.1) is 15.5 Å². The van der Waals surface area contributed by atoms with E-state index in [9.17, 15) is 23.7 Å². The third-order valence-corrected chi connectivity index (χ3v) is 5.96. The molecule has 1 aliphatic rings. The van der Waals surface area contributed by atoms with E-state index in [1.165, 1.54) is 59.5 Å². The maximum absolute atomic E-state index is 13.6. The predicted octanol–water partition coefficient (Wildman–Crippen LogP) is 5.86. The van der Waals surface area contributed by atoms with Crippen molar-refractivity contribution in [2.75, 3.05) is 4.90 Å². The number of carbonyl (C=O) groups is 1. The number of benzene rings is 3. The van der Waals surface area contributed by atoms with Gasteiger partial charge in [-0.3, -0.25) is 19.8 Å². The van der Waals surface area contributed by atoms with Crippen LogP contribution >= 0.6 is 24.0 Å². The van der Waals surface area contributed by atoms with Gasteiger partial charge in [0.15, 0.2) is 4.32 Å². The van der Waals surface area contributed by atoms with Crippen molar-refractivity contribution in [3.05, 3.63) is 105 Å². The molecule has 0 unspecified atom stereocenters. The van der Waals surface area contributed by atoms with Crippen molar-refractivity contribution < 1.29 is 23.2 Å². The second-order valence-electron chi connectivity index (χ2n) is 6.89. The van der Waals surface area contributed by atoms with Crippen LogP contribution in [0.15, 0.2) is 71.6 Å². The van der Waals surface area contributed by atoms with E-state index in [1.807, 2.05) is 0 Å². The van der Waals surface area contributed by atoms with Crippen LogP contribution in [0.25, 0.3) is 6.08 Å². The summed E-state index contributed by atoms with van der Waals surface area (Å²) in [5.41, 5.74) is 1.09. The minimum absolute atomic E-state index is 0.0865. The van der Waals surface area contributed by atoms with Crippen LogP contribution in [0.3, 0.4) is 0 Å². The molecule has 1 heterocycles. The van der Waals surface area contributed by atoms with Gasteiger partial charge in [-0.15, -0.1) is 0 Å². The summed E-state index contributed by atoms with van der Waals surface area (Å²) in [6, 6.07) is 15.2. The monoisotopic (exact) mass is 484 g/mol. The number of nitro benzene ring substituents is 1. The summed E-state index contributed by atoms with van der Waals surface area (Å²) in [6.07, 6.45) is 1.45. The van der Waals surface area contributed by atoms with Crippen molar-refractivity contribution in [3.8, 4) is 5.75 Å². The molecule has 10 heteroatoms. The van der Waals surface area contributed by atoms with E-state index in [0.717, 1.165) is 11.8 Å². The van der Waals surface area contributed by atoms with Crippen molar-refractivity contribution in [3.63, 3.8) is 0 Å². The number of nitrogens with zero attached hydrogens (tertiary/aromatic N) is 2. The zero-order chi connectivity index (χ0) is 23.5. The van der Waals surface area contributed by atoms with Gasteiger partial charge in [-0.2, -0.15) is 0 Å². The second kappa shape index (κ2) is 9.47. The summed E-state index contributed by atoms with van der Waals surface area (Å²) in [5, 5.41) is 11.3. The molecule has 4 rings (SSSR count). The molecule has 1 aliphatic heterocycles. The number of thioether (sulfide) groups is 1. The SMILES string of the molecule is O=C1/C(=C\c2cc([N+](=O)[O-])ccc2OCc2ccc(F)cc2)SC(=S)N1c1cccc(F)c1. The standard InChI is InChI=1S/C23H14F2N2O4S2/c24-16-6-4-14(5-7-16)13-31-20-9-8-19(27(29)30)10-15(20)11-21-22(28)26(23(32)33-21)18-3-1-2-17(25)12-18/h1-12H,13H2/b21-11+. The number of amides is 1. The first-order chi connectivity index (χ1) is 15.8. The lowest BCUT2D eigenvalue weighted by atomic mass is 10.1. The highest BCUT2D eigenvalue weighted by Crippen LogP contribution is 2.38. The fraction of sp³-hybridized carbons (Fsp3) is 0.0435. The number of halogens is 2. The Kier molecular flexibility index (Phi) is 6.47. The van der Waals surface area contributed by atoms with E-state index in [1.54, 1.807) is 18.2 Å². The van der Waals surface area contributed by atoms with Gasteiger partial charge < -0.3 is 4.74 Å². The van der Waals surface area contributed by atoms with E-state index in [-0.39, 0.29) is 33.0 Å². The minimum atomic E-state index is -0.556. The number of hydrogen-bond donors (Lipinski definition) is 0. The number of hydrogen-bond acceptors (Lipinski definition) is 6. The number of thiocarbonyl (C=S) groups is 1. The molecule has 0 aromatic heterocycles. The fourth-order valence-electron chi connectivity index (χ4n) is 3.08. The Morgan fingerprint density at radius 2 is 1.82 bits per heavy atom. The Balaban J connectivity index is 1.65. The normalized spacial score (nSPS) is 14.7. The summed E-state index contributed by atoms with van der Waals surface area (Å²) in [7, 11) is 0. The van der Waals surface area contributed by atoms with Gasteiger partial charge in [0.25, 0.3) is 11.6 Å². The van der Waals surface area contributed by atoms with Crippen LogP contribution in [0.2, 0.25) is 0 Å². The molecule has 0 saturated carbocycles. The summed E-state index contributed by atoms with van der Waals surface area (Å²) >= 11 is 6.29. The van der Waals surface area contributed by atoms with Gasteiger partial charge in [-0.05, 0) is 48.0 Å². The van der Waals surface area contributed by atoms with Crippen molar-refractivity contribution in [2.24, 2.45) is 0 Å². The summed E-state index contributed by atoms with van der Waals surface area (Å²) < 4.78 is 32.8. The Morgan fingerprint density at radius 3 is 2.52 bits per heavy atom. The van der Waals surface area contributed by atoms with E-state index >= 15 is 0 Å². The van der Waals surface area contributed by atoms with Crippen LogP contribution in [0, 0.1) is 21.7 Å². The first-order valence-electron chi connectivity index (χ1n) is 9.51. The molecule has 1 fully saturated rings. The molecule has 6 nitrogen and oxygen atoms in total. The number of nitro groups is 1. The maximum Gasteiger partial charge on any atom is 0.270 e. The van der Waals surface area contributed by atoms with Gasteiger partial charge in [0, 0.05) is 17.7 Å². The Labute approximate surface area is 196 Å². The average Bonchev–Trinajstić information content (AvgIpc) is 3.06.